The summed E-state index contributed by atoms with van der Waals surface area (Å²) >= 11 is 0. The highest BCUT2D eigenvalue weighted by molar-refractivity contribution is 5.92. The van der Waals surface area contributed by atoms with Gasteiger partial charge in [0.25, 0.3) is 5.56 Å². The van der Waals surface area contributed by atoms with Crippen molar-refractivity contribution in [3.63, 3.8) is 0 Å². The van der Waals surface area contributed by atoms with Crippen molar-refractivity contribution < 1.29 is 29.0 Å². The minimum Gasteiger partial charge on any atom is -0.458 e. The van der Waals surface area contributed by atoms with Crippen LogP contribution in [-0.2, 0) is 45.2 Å². The smallest absolute Gasteiger partial charge is 0.340 e. The third kappa shape index (κ3) is 5.59. The van der Waals surface area contributed by atoms with Gasteiger partial charge in [-0.15, -0.1) is 0 Å². The van der Waals surface area contributed by atoms with Crippen LogP contribution in [0.5, 0.6) is 5.75 Å². The molecule has 2 aromatic carbocycles. The van der Waals surface area contributed by atoms with Crippen LogP contribution < -0.4 is 16.0 Å². The van der Waals surface area contributed by atoms with Gasteiger partial charge in [0.2, 0.25) is 0 Å². The minimum atomic E-state index is -1.53. The van der Waals surface area contributed by atoms with Crippen molar-refractivity contribution in [1.29, 1.82) is 0 Å². The van der Waals surface area contributed by atoms with Crippen molar-refractivity contribution in [3.8, 4) is 17.1 Å². The molecule has 2 atom stereocenters. The van der Waals surface area contributed by atoms with Gasteiger partial charge in [0.15, 0.2) is 6.10 Å². The molecule has 226 valence electrons. The zero-order valence-electron chi connectivity index (χ0n) is 24.6. The molecular weight excluding hydrogens is 564 g/mol. The van der Waals surface area contributed by atoms with Gasteiger partial charge in [-0.05, 0) is 57.0 Å². The van der Waals surface area contributed by atoms with Crippen LogP contribution in [0, 0.1) is 0 Å². The number of ether oxygens (including phenoxy) is 2. The maximum atomic E-state index is 13.3. The van der Waals surface area contributed by atoms with Crippen LogP contribution >= 0.6 is 0 Å². The van der Waals surface area contributed by atoms with Crippen molar-refractivity contribution in [1.82, 2.24) is 9.55 Å². The number of oxime groups is 1. The predicted octanol–water partition coefficient (Wildman–Crippen LogP) is 3.33. The average molecular weight is 597 g/mol. The summed E-state index contributed by atoms with van der Waals surface area (Å²) in [4.78, 5) is 48.8. The number of nitrogens with two attached hydrogens (primary N) is 1. The fraction of sp³-hybridized carbons (Fsp3) is 0.303. The highest BCUT2D eigenvalue weighted by atomic mass is 16.6. The first-order valence-corrected chi connectivity index (χ1v) is 14.3. The van der Waals surface area contributed by atoms with E-state index in [1.165, 1.54) is 0 Å². The van der Waals surface area contributed by atoms with E-state index in [4.69, 9.17) is 25.0 Å². The number of carbonyl (C=O) groups excluding carboxylic acids is 2. The van der Waals surface area contributed by atoms with Crippen LogP contribution in [0.25, 0.3) is 22.3 Å². The number of hydrogen-bond acceptors (Lipinski definition) is 10. The molecule has 0 aliphatic carbocycles. The Morgan fingerprint density at radius 2 is 1.98 bits per heavy atom. The fourth-order valence-corrected chi connectivity index (χ4v) is 5.40. The second kappa shape index (κ2) is 11.3. The van der Waals surface area contributed by atoms with Crippen LogP contribution in [0.1, 0.15) is 54.7 Å². The monoisotopic (exact) mass is 596 g/mol. The molecule has 3 N–H and O–H groups in total. The SMILES string of the molecule is CC(C)(C)O/N=C/Cc1c(OC(=O)C(N)Cc2ccccc2)ccc2nc3c(cc12)Cn1c-3cc2c(c1=O)COC(=O)C2O. The first kappa shape index (κ1) is 29.2. The molecule has 44 heavy (non-hydrogen) atoms. The van der Waals surface area contributed by atoms with Crippen molar-refractivity contribution in [3.05, 3.63) is 92.8 Å². The van der Waals surface area contributed by atoms with Crippen LogP contribution in [0.4, 0.5) is 0 Å². The summed E-state index contributed by atoms with van der Waals surface area (Å²) in [5.41, 5.74) is 9.85. The Labute approximate surface area is 252 Å². The fourth-order valence-electron chi connectivity index (χ4n) is 5.40. The third-order valence-corrected chi connectivity index (χ3v) is 7.54. The molecule has 2 aliphatic heterocycles. The number of aliphatic hydroxyl groups excluding tert-OH is 1. The van der Waals surface area contributed by atoms with E-state index in [1.54, 1.807) is 29.0 Å². The largest absolute Gasteiger partial charge is 0.458 e. The molecule has 0 saturated heterocycles. The molecule has 0 amide bonds. The number of aromatic nitrogens is 2. The zero-order chi connectivity index (χ0) is 31.2. The Morgan fingerprint density at radius 1 is 1.20 bits per heavy atom. The van der Waals surface area contributed by atoms with Crippen molar-refractivity contribution in [2.24, 2.45) is 10.9 Å². The van der Waals surface area contributed by atoms with Crippen molar-refractivity contribution >= 4 is 29.1 Å². The van der Waals surface area contributed by atoms with Crippen LogP contribution in [0.15, 0.2) is 64.5 Å². The lowest BCUT2D eigenvalue weighted by Crippen LogP contribution is -2.36. The highest BCUT2D eigenvalue weighted by Gasteiger charge is 2.34. The molecule has 11 nitrogen and oxygen atoms in total. The van der Waals surface area contributed by atoms with Gasteiger partial charge in [0.1, 0.15) is 24.0 Å². The summed E-state index contributed by atoms with van der Waals surface area (Å²) in [6, 6.07) is 15.5. The average Bonchev–Trinajstić information content (AvgIpc) is 3.35. The Bertz CT molecular complexity index is 1880. The molecule has 2 aliphatic rings. The van der Waals surface area contributed by atoms with Gasteiger partial charge < -0.3 is 29.7 Å². The molecule has 11 heteroatoms. The zero-order valence-corrected chi connectivity index (χ0v) is 24.6. The van der Waals surface area contributed by atoms with E-state index in [0.29, 0.717) is 40.0 Å². The predicted molar refractivity (Wildman–Crippen MR) is 162 cm³/mol. The number of rotatable bonds is 7. The molecule has 2 unspecified atom stereocenters. The maximum Gasteiger partial charge on any atom is 0.340 e. The number of carbonyl (C=O) groups is 2. The lowest BCUT2D eigenvalue weighted by molar-refractivity contribution is -0.157. The summed E-state index contributed by atoms with van der Waals surface area (Å²) in [6.45, 7) is 5.69. The highest BCUT2D eigenvalue weighted by Crippen LogP contribution is 2.37. The lowest BCUT2D eigenvalue weighted by Gasteiger charge is -2.21. The maximum absolute atomic E-state index is 13.3. The Kier molecular flexibility index (Phi) is 7.52. The third-order valence-electron chi connectivity index (χ3n) is 7.54. The molecule has 0 fully saturated rings. The van der Waals surface area contributed by atoms with E-state index in [-0.39, 0.29) is 36.3 Å². The van der Waals surface area contributed by atoms with Gasteiger partial charge >= 0.3 is 11.9 Å². The number of cyclic esters (lactones) is 1. The van der Waals surface area contributed by atoms with Crippen LogP contribution in [-0.4, -0.2) is 44.5 Å². The normalized spacial score (nSPS) is 16.3. The van der Waals surface area contributed by atoms with E-state index in [2.05, 4.69) is 5.16 Å². The number of esters is 2. The molecule has 0 bridgehead atoms. The first-order valence-electron chi connectivity index (χ1n) is 14.3. The summed E-state index contributed by atoms with van der Waals surface area (Å²) in [7, 11) is 0. The van der Waals surface area contributed by atoms with Gasteiger partial charge in [-0.3, -0.25) is 4.79 Å². The molecule has 2 aromatic heterocycles. The molecule has 4 heterocycles. The van der Waals surface area contributed by atoms with E-state index >= 15 is 0 Å². The van der Waals surface area contributed by atoms with E-state index in [1.807, 2.05) is 57.2 Å². The first-order chi connectivity index (χ1) is 21.0. The molecular formula is C33H32N4O7. The van der Waals surface area contributed by atoms with Gasteiger partial charge in [-0.1, -0.05) is 35.5 Å². The molecule has 6 rings (SSSR count). The van der Waals surface area contributed by atoms with Crippen molar-refractivity contribution in [2.75, 3.05) is 0 Å². The number of pyridine rings is 2. The van der Waals surface area contributed by atoms with E-state index < -0.39 is 29.7 Å². The second-order valence-electron chi connectivity index (χ2n) is 11.9. The number of benzene rings is 2. The van der Waals surface area contributed by atoms with Gasteiger partial charge in [-0.25, -0.2) is 14.6 Å². The van der Waals surface area contributed by atoms with Crippen LogP contribution in [0.2, 0.25) is 0 Å². The minimum absolute atomic E-state index is 0.197. The topological polar surface area (TPSA) is 155 Å². The number of hydrogen-bond donors (Lipinski definition) is 2. The van der Waals surface area contributed by atoms with Gasteiger partial charge in [0.05, 0.1) is 29.0 Å². The summed E-state index contributed by atoms with van der Waals surface area (Å²) in [5.74, 6) is -1.05. The summed E-state index contributed by atoms with van der Waals surface area (Å²) in [5, 5.41) is 15.2. The number of aliphatic hydroxyl groups is 1. The summed E-state index contributed by atoms with van der Waals surface area (Å²) < 4.78 is 12.4. The second-order valence-corrected chi connectivity index (χ2v) is 11.9. The molecule has 4 aromatic rings. The standard InChI is InChI=1S/C33H32N4O7/c1-33(2,3)44-35-12-11-20-21-14-19-16-37-26(15-22-23(30(37)39)17-42-32(41)29(22)38)28(19)36-25(21)9-10-27(20)43-31(40)24(34)13-18-7-5-4-6-8-18/h4-10,12,14-15,24,29,38H,11,13,16-17,34H2,1-3H3/b35-12+. The lowest BCUT2D eigenvalue weighted by atomic mass is 9.99. The summed E-state index contributed by atoms with van der Waals surface area (Å²) in [6.07, 6.45) is 0.645. The molecule has 0 saturated carbocycles. The van der Waals surface area contributed by atoms with Gasteiger partial charge in [0, 0.05) is 34.7 Å². The van der Waals surface area contributed by atoms with E-state index in [9.17, 15) is 19.5 Å². The van der Waals surface area contributed by atoms with Gasteiger partial charge in [-0.2, -0.15) is 0 Å². The Morgan fingerprint density at radius 3 is 2.73 bits per heavy atom. The number of nitrogens with zero attached hydrogens (tertiary/aromatic N) is 3. The number of fused-ring (bicyclic) bond motifs is 5. The Hall–Kier alpha value is -4.87. The van der Waals surface area contributed by atoms with Crippen molar-refractivity contribution in [2.45, 2.75) is 64.5 Å². The quantitative estimate of drug-likeness (QED) is 0.125. The van der Waals surface area contributed by atoms with Crippen LogP contribution in [0.3, 0.4) is 0 Å². The van der Waals surface area contributed by atoms with E-state index in [0.717, 1.165) is 11.1 Å². The molecule has 0 spiro atoms. The molecule has 0 radical (unpaired) electrons. The Balaban J connectivity index is 1.38.